The fourth-order valence-electron chi connectivity index (χ4n) is 0.991. The zero-order valence-electron chi connectivity index (χ0n) is 8.41. The Hall–Kier alpha value is -1.90. The summed E-state index contributed by atoms with van der Waals surface area (Å²) >= 11 is 0. The minimum Gasteiger partial charge on any atom is -0.320 e. The number of hydrogen-bond donors (Lipinski definition) is 1. The summed E-state index contributed by atoms with van der Waals surface area (Å²) in [6.07, 6.45) is 6.45. The van der Waals surface area contributed by atoms with Crippen molar-refractivity contribution in [1.82, 2.24) is 0 Å². The molecule has 0 aromatic heterocycles. The van der Waals surface area contributed by atoms with Gasteiger partial charge in [0.15, 0.2) is 0 Å². The highest BCUT2D eigenvalue weighted by Gasteiger charge is 2.01. The Balaban J connectivity index is 2.63. The second-order valence-electron chi connectivity index (χ2n) is 2.85. The third-order valence-electron chi connectivity index (χ3n) is 1.68. The van der Waals surface area contributed by atoms with E-state index >= 15 is 0 Å². The maximum Gasteiger partial charge on any atom is 0.248 e. The number of halogens is 1. The van der Waals surface area contributed by atoms with Gasteiger partial charge in [0.1, 0.15) is 5.82 Å². The molecule has 15 heavy (non-hydrogen) atoms. The lowest BCUT2D eigenvalue weighted by Gasteiger charge is -2.02. The molecule has 0 saturated carbocycles. The number of carbonyl (C=O) groups is 1. The van der Waals surface area contributed by atoms with Crippen molar-refractivity contribution in [2.75, 3.05) is 5.32 Å². The van der Waals surface area contributed by atoms with Crippen LogP contribution in [0.4, 0.5) is 10.1 Å². The van der Waals surface area contributed by atoms with Crippen LogP contribution in [0.3, 0.4) is 0 Å². The van der Waals surface area contributed by atoms with E-state index in [1.165, 1.54) is 18.2 Å². The van der Waals surface area contributed by atoms with Crippen LogP contribution in [-0.2, 0) is 4.79 Å². The molecule has 1 N–H and O–H groups in total. The Kier molecular flexibility index (Phi) is 4.29. The van der Waals surface area contributed by atoms with Crippen molar-refractivity contribution < 1.29 is 9.18 Å². The molecule has 0 fully saturated rings. The van der Waals surface area contributed by atoms with Gasteiger partial charge in [-0.2, -0.15) is 0 Å². The van der Waals surface area contributed by atoms with E-state index in [1.807, 2.05) is 6.92 Å². The standard InChI is InChI=1S/C12H12FNO/c1-2-3-4-9-12(15)14-11-8-6-5-7-10(11)13/h2-9H,1H3,(H,14,15)/b3-2+,9-4-. The number of carbonyl (C=O) groups excluding carboxylic acids is 1. The van der Waals surface area contributed by atoms with Gasteiger partial charge in [-0.05, 0) is 19.1 Å². The molecule has 0 radical (unpaired) electrons. The molecule has 0 aliphatic heterocycles. The lowest BCUT2D eigenvalue weighted by atomic mass is 10.3. The van der Waals surface area contributed by atoms with E-state index < -0.39 is 5.82 Å². The number of rotatable bonds is 3. The van der Waals surface area contributed by atoms with E-state index in [0.717, 1.165) is 0 Å². The summed E-state index contributed by atoms with van der Waals surface area (Å²) in [6, 6.07) is 6.04. The fourth-order valence-corrected chi connectivity index (χ4v) is 0.991. The van der Waals surface area contributed by atoms with Crippen LogP contribution >= 0.6 is 0 Å². The summed E-state index contributed by atoms with van der Waals surface area (Å²) in [5.41, 5.74) is 0.188. The van der Waals surface area contributed by atoms with Crippen molar-refractivity contribution >= 4 is 11.6 Å². The van der Waals surface area contributed by atoms with Crippen LogP contribution in [0.5, 0.6) is 0 Å². The van der Waals surface area contributed by atoms with Gasteiger partial charge in [0.2, 0.25) is 5.91 Å². The van der Waals surface area contributed by atoms with Crippen molar-refractivity contribution in [2.45, 2.75) is 6.92 Å². The molecule has 1 rings (SSSR count). The van der Waals surface area contributed by atoms with E-state index in [4.69, 9.17) is 0 Å². The first-order valence-corrected chi connectivity index (χ1v) is 4.59. The van der Waals surface area contributed by atoms with E-state index in [1.54, 1.807) is 30.4 Å². The zero-order chi connectivity index (χ0) is 11.1. The third kappa shape index (κ3) is 3.77. The summed E-state index contributed by atoms with van der Waals surface area (Å²) < 4.78 is 13.1. The summed E-state index contributed by atoms with van der Waals surface area (Å²) in [7, 11) is 0. The van der Waals surface area contributed by atoms with Crippen LogP contribution in [0.25, 0.3) is 0 Å². The minimum absolute atomic E-state index is 0.188. The first-order valence-electron chi connectivity index (χ1n) is 4.59. The number of nitrogens with one attached hydrogen (secondary N) is 1. The Bertz CT molecular complexity index is 396. The topological polar surface area (TPSA) is 29.1 Å². The zero-order valence-corrected chi connectivity index (χ0v) is 8.41. The molecule has 0 bridgehead atoms. The van der Waals surface area contributed by atoms with E-state index in [-0.39, 0.29) is 11.6 Å². The van der Waals surface area contributed by atoms with Gasteiger partial charge in [0.05, 0.1) is 5.69 Å². The quantitative estimate of drug-likeness (QED) is 0.596. The normalized spacial score (nSPS) is 11.1. The smallest absolute Gasteiger partial charge is 0.248 e. The van der Waals surface area contributed by atoms with Crippen LogP contribution in [0, 0.1) is 5.82 Å². The monoisotopic (exact) mass is 205 g/mol. The molecule has 3 heteroatoms. The highest BCUT2D eigenvalue weighted by atomic mass is 19.1. The highest BCUT2D eigenvalue weighted by Crippen LogP contribution is 2.11. The van der Waals surface area contributed by atoms with Crippen LogP contribution in [-0.4, -0.2) is 5.91 Å². The number of allylic oxidation sites excluding steroid dienone is 3. The van der Waals surface area contributed by atoms with E-state index in [2.05, 4.69) is 5.32 Å². The fraction of sp³-hybridized carbons (Fsp3) is 0.0833. The molecule has 0 spiro atoms. The predicted molar refractivity (Wildman–Crippen MR) is 59.0 cm³/mol. The number of amides is 1. The first kappa shape index (κ1) is 11.2. The largest absolute Gasteiger partial charge is 0.320 e. The van der Waals surface area contributed by atoms with Crippen LogP contribution in [0.1, 0.15) is 6.92 Å². The van der Waals surface area contributed by atoms with Gasteiger partial charge in [-0.25, -0.2) is 4.39 Å². The third-order valence-corrected chi connectivity index (χ3v) is 1.68. The molecule has 0 saturated heterocycles. The van der Waals surface area contributed by atoms with Gasteiger partial charge in [-0.1, -0.05) is 30.4 Å². The van der Waals surface area contributed by atoms with Crippen LogP contribution < -0.4 is 5.32 Å². The number of hydrogen-bond acceptors (Lipinski definition) is 1. The average molecular weight is 205 g/mol. The summed E-state index contributed by atoms with van der Waals surface area (Å²) in [5, 5.41) is 2.43. The lowest BCUT2D eigenvalue weighted by molar-refractivity contribution is -0.111. The molecule has 78 valence electrons. The van der Waals surface area contributed by atoms with Crippen molar-refractivity contribution in [1.29, 1.82) is 0 Å². The second-order valence-corrected chi connectivity index (χ2v) is 2.85. The SMILES string of the molecule is C/C=C/C=C\C(=O)Nc1ccccc1F. The minimum atomic E-state index is -0.440. The Morgan fingerprint density at radius 3 is 2.73 bits per heavy atom. The van der Waals surface area contributed by atoms with Crippen LogP contribution in [0.15, 0.2) is 48.6 Å². The Morgan fingerprint density at radius 1 is 1.33 bits per heavy atom. The van der Waals surface area contributed by atoms with E-state index in [9.17, 15) is 9.18 Å². The van der Waals surface area contributed by atoms with Crippen molar-refractivity contribution in [3.8, 4) is 0 Å². The molecule has 1 amide bonds. The maximum atomic E-state index is 13.1. The first-order chi connectivity index (χ1) is 7.24. The molecule has 1 aromatic rings. The summed E-state index contributed by atoms with van der Waals surface area (Å²) in [4.78, 5) is 11.2. The van der Waals surface area contributed by atoms with Gasteiger partial charge in [-0.3, -0.25) is 4.79 Å². The Morgan fingerprint density at radius 2 is 2.07 bits per heavy atom. The second kappa shape index (κ2) is 5.75. The van der Waals surface area contributed by atoms with Crippen molar-refractivity contribution in [3.05, 3.63) is 54.4 Å². The highest BCUT2D eigenvalue weighted by molar-refractivity contribution is 5.99. The van der Waals surface area contributed by atoms with Gasteiger partial charge in [-0.15, -0.1) is 0 Å². The van der Waals surface area contributed by atoms with Crippen molar-refractivity contribution in [2.24, 2.45) is 0 Å². The van der Waals surface area contributed by atoms with Crippen molar-refractivity contribution in [3.63, 3.8) is 0 Å². The van der Waals surface area contributed by atoms with Gasteiger partial charge < -0.3 is 5.32 Å². The number of anilines is 1. The summed E-state index contributed by atoms with van der Waals surface area (Å²) in [5.74, 6) is -0.788. The molecule has 0 heterocycles. The number of para-hydroxylation sites is 1. The van der Waals surface area contributed by atoms with Gasteiger partial charge in [0.25, 0.3) is 0 Å². The van der Waals surface area contributed by atoms with Gasteiger partial charge in [0, 0.05) is 6.08 Å². The van der Waals surface area contributed by atoms with Crippen LogP contribution in [0.2, 0.25) is 0 Å². The molecule has 0 atom stereocenters. The molecular formula is C12H12FNO. The molecule has 0 aliphatic carbocycles. The molecule has 2 nitrogen and oxygen atoms in total. The predicted octanol–water partition coefficient (Wildman–Crippen LogP) is 2.90. The maximum absolute atomic E-state index is 13.1. The van der Waals surface area contributed by atoms with E-state index in [0.29, 0.717) is 0 Å². The molecule has 0 unspecified atom stereocenters. The molecule has 1 aromatic carbocycles. The lowest BCUT2D eigenvalue weighted by Crippen LogP contribution is -2.08. The Labute approximate surface area is 88.1 Å². The average Bonchev–Trinajstić information content (AvgIpc) is 2.22. The molecular weight excluding hydrogens is 193 g/mol. The summed E-state index contributed by atoms with van der Waals surface area (Å²) in [6.45, 7) is 1.85. The van der Waals surface area contributed by atoms with Gasteiger partial charge >= 0.3 is 0 Å². The molecule has 0 aliphatic rings. The number of benzene rings is 1.